The van der Waals surface area contributed by atoms with Gasteiger partial charge in [-0.3, -0.25) is 19.3 Å². The van der Waals surface area contributed by atoms with Crippen LogP contribution in [0.1, 0.15) is 49.1 Å². The highest BCUT2D eigenvalue weighted by atomic mass is 32.2. The van der Waals surface area contributed by atoms with Crippen LogP contribution in [-0.2, 0) is 15.0 Å². The number of nitrogens with one attached hydrogen (secondary N) is 1. The van der Waals surface area contributed by atoms with Gasteiger partial charge in [-0.25, -0.2) is 4.39 Å². The first kappa shape index (κ1) is 23.4. The number of thioether (sulfide) groups is 1. The van der Waals surface area contributed by atoms with Crippen molar-refractivity contribution in [2.75, 3.05) is 4.90 Å². The highest BCUT2D eigenvalue weighted by Crippen LogP contribution is 2.68. The van der Waals surface area contributed by atoms with Crippen LogP contribution in [0.4, 0.5) is 10.1 Å². The zero-order valence-electron chi connectivity index (χ0n) is 20.7. The van der Waals surface area contributed by atoms with E-state index in [1.807, 2.05) is 0 Å². The number of benzene rings is 2. The van der Waals surface area contributed by atoms with Gasteiger partial charge in [0.1, 0.15) is 5.82 Å². The van der Waals surface area contributed by atoms with Gasteiger partial charge in [0, 0.05) is 16.0 Å². The lowest BCUT2D eigenvalue weighted by Gasteiger charge is -2.43. The molecule has 2 bridgehead atoms. The lowest BCUT2D eigenvalue weighted by molar-refractivity contribution is -0.123. The quantitative estimate of drug-likeness (QED) is 0.438. The van der Waals surface area contributed by atoms with Crippen molar-refractivity contribution in [1.29, 1.82) is 0 Å². The highest BCUT2D eigenvalue weighted by molar-refractivity contribution is 8.00. The molecule has 7 rings (SSSR count). The second-order valence-electron chi connectivity index (χ2n) is 11.8. The molecule has 3 heterocycles. The monoisotopic (exact) mass is 534 g/mol. The number of carbonyl (C=O) groups excluding carboxylic acids is 2. The molecule has 2 amide bonds. The largest absolute Gasteiger partial charge is 0.307 e. The summed E-state index contributed by atoms with van der Waals surface area (Å²) in [4.78, 5) is 45.2. The molecule has 1 aromatic heterocycles. The number of H-pyrrole nitrogens is 1. The van der Waals surface area contributed by atoms with Crippen molar-refractivity contribution in [3.63, 3.8) is 0 Å². The number of aromatic nitrogens is 1. The van der Waals surface area contributed by atoms with E-state index in [2.05, 4.69) is 50.0 Å². The van der Waals surface area contributed by atoms with Crippen LogP contribution in [0.15, 0.2) is 58.4 Å². The number of halogens is 1. The molecule has 0 spiro atoms. The Morgan fingerprint density at radius 2 is 1.57 bits per heavy atom. The molecule has 1 saturated heterocycles. The number of hydrogen-bond acceptors (Lipinski definition) is 5. The molecule has 0 unspecified atom stereocenters. The van der Waals surface area contributed by atoms with Crippen LogP contribution in [0.5, 0.6) is 0 Å². The molecule has 2 aliphatic carbocycles. The molecule has 3 aromatic rings. The number of thiazole rings is 1. The molecular weight excluding hydrogens is 507 g/mol. The summed E-state index contributed by atoms with van der Waals surface area (Å²) in [5.41, 5.74) is 2.89. The van der Waals surface area contributed by atoms with Crippen LogP contribution in [0.2, 0.25) is 0 Å². The summed E-state index contributed by atoms with van der Waals surface area (Å²) in [5, 5.41) is 1.07. The first-order valence-corrected chi connectivity index (χ1v) is 14.5. The van der Waals surface area contributed by atoms with E-state index in [0.29, 0.717) is 5.69 Å². The van der Waals surface area contributed by atoms with E-state index in [9.17, 15) is 18.8 Å². The van der Waals surface area contributed by atoms with Crippen LogP contribution in [0, 0.1) is 35.4 Å². The molecule has 2 aliphatic heterocycles. The predicted molar refractivity (Wildman–Crippen MR) is 143 cm³/mol. The molecule has 5 nitrogen and oxygen atoms in total. The number of anilines is 1. The van der Waals surface area contributed by atoms with Crippen molar-refractivity contribution < 1.29 is 14.0 Å². The van der Waals surface area contributed by atoms with Gasteiger partial charge in [0.2, 0.25) is 11.8 Å². The standard InChI is InChI=1S/C29H27FN2O3S2/c1-29(2,3)14-6-4-13(5-7-14)19-20-17-12-18(23(20)36-25-24(19)37-28(35)31-25)22-21(17)26(33)32(27(22)34)16-10-8-15(30)9-11-16/h4-11,17-23H,12H2,1-3H3,(H,31,35)/t17-,18+,19+,20-,21+,22-,23-/m1/s1. The number of amides is 2. The second-order valence-corrected chi connectivity index (χ2v) is 14.0. The van der Waals surface area contributed by atoms with Gasteiger partial charge in [0.15, 0.2) is 0 Å². The summed E-state index contributed by atoms with van der Waals surface area (Å²) < 4.78 is 13.5. The minimum absolute atomic E-state index is 0.0120. The summed E-state index contributed by atoms with van der Waals surface area (Å²) in [7, 11) is 0. The Balaban J connectivity index is 1.30. The molecular formula is C29H27FN2O3S2. The number of nitrogens with zero attached hydrogens (tertiary/aromatic N) is 1. The van der Waals surface area contributed by atoms with E-state index in [4.69, 9.17) is 0 Å². The van der Waals surface area contributed by atoms with Crippen LogP contribution in [0.3, 0.4) is 0 Å². The normalized spacial score (nSPS) is 32.0. The average molecular weight is 535 g/mol. The summed E-state index contributed by atoms with van der Waals surface area (Å²) in [6.07, 6.45) is 0.849. The Bertz CT molecular complexity index is 1490. The zero-order valence-corrected chi connectivity index (χ0v) is 22.4. The van der Waals surface area contributed by atoms with E-state index in [-0.39, 0.29) is 62.9 Å². The molecule has 2 aromatic carbocycles. The Hall–Kier alpha value is -2.71. The van der Waals surface area contributed by atoms with Gasteiger partial charge in [-0.05, 0) is 65.0 Å². The third kappa shape index (κ3) is 3.31. The SMILES string of the molecule is CC(C)(C)c1ccc([C@@H]2c3sc(=O)[nH]c3S[C@@H]3[C@H]4C[C@@H]([C@@H]5C(=O)N(c6ccc(F)cc6)C(=O)[C@H]45)[C@H]23)cc1. The first-order chi connectivity index (χ1) is 17.6. The first-order valence-electron chi connectivity index (χ1n) is 12.8. The smallest absolute Gasteiger partial charge is 0.305 e. The van der Waals surface area contributed by atoms with Gasteiger partial charge < -0.3 is 4.98 Å². The highest BCUT2D eigenvalue weighted by Gasteiger charge is 2.69. The molecule has 0 radical (unpaired) electrons. The van der Waals surface area contributed by atoms with E-state index in [0.717, 1.165) is 21.9 Å². The average Bonchev–Trinajstić information content (AvgIpc) is 3.58. The molecule has 2 saturated carbocycles. The van der Waals surface area contributed by atoms with E-state index < -0.39 is 5.82 Å². The fraction of sp³-hybridized carbons (Fsp3) is 0.414. The Morgan fingerprint density at radius 1 is 0.919 bits per heavy atom. The Kier molecular flexibility index (Phi) is 5.00. The molecule has 1 N–H and O–H groups in total. The third-order valence-electron chi connectivity index (χ3n) is 8.94. The molecule has 190 valence electrons. The number of imide groups is 1. The molecule has 8 heteroatoms. The summed E-state index contributed by atoms with van der Waals surface area (Å²) >= 11 is 2.97. The van der Waals surface area contributed by atoms with Gasteiger partial charge >= 0.3 is 4.87 Å². The van der Waals surface area contributed by atoms with Crippen LogP contribution in [0.25, 0.3) is 0 Å². The number of fused-ring (bicyclic) bond motifs is 9. The zero-order chi connectivity index (χ0) is 25.8. The molecule has 3 fully saturated rings. The number of rotatable bonds is 2. The molecule has 37 heavy (non-hydrogen) atoms. The maximum atomic E-state index is 13.7. The number of carbonyl (C=O) groups is 2. The summed E-state index contributed by atoms with van der Waals surface area (Å²) in [5.74, 6) is -1.13. The third-order valence-corrected chi connectivity index (χ3v) is 11.5. The second kappa shape index (κ2) is 7.90. The predicted octanol–water partition coefficient (Wildman–Crippen LogP) is 5.55. The molecule has 7 atom stereocenters. The van der Waals surface area contributed by atoms with E-state index in [1.54, 1.807) is 11.8 Å². The van der Waals surface area contributed by atoms with Gasteiger partial charge in [-0.2, -0.15) is 0 Å². The molecule has 4 aliphatic rings. The van der Waals surface area contributed by atoms with Gasteiger partial charge in [-0.15, -0.1) is 11.8 Å². The maximum Gasteiger partial charge on any atom is 0.305 e. The lowest BCUT2D eigenvalue weighted by atomic mass is 9.68. The van der Waals surface area contributed by atoms with Gasteiger partial charge in [-0.1, -0.05) is 56.4 Å². The van der Waals surface area contributed by atoms with E-state index in [1.165, 1.54) is 46.1 Å². The fourth-order valence-corrected chi connectivity index (χ4v) is 10.3. The van der Waals surface area contributed by atoms with Gasteiger partial charge in [0.05, 0.1) is 22.5 Å². The van der Waals surface area contributed by atoms with Crippen molar-refractivity contribution in [2.45, 2.75) is 48.8 Å². The number of hydrogen-bond donors (Lipinski definition) is 1. The van der Waals surface area contributed by atoms with Crippen molar-refractivity contribution in [3.8, 4) is 0 Å². The maximum absolute atomic E-state index is 13.7. The summed E-state index contributed by atoms with van der Waals surface area (Å²) in [6.45, 7) is 6.57. The van der Waals surface area contributed by atoms with E-state index >= 15 is 0 Å². The van der Waals surface area contributed by atoms with Crippen LogP contribution < -0.4 is 9.77 Å². The minimum atomic E-state index is -0.397. The topological polar surface area (TPSA) is 70.2 Å². The van der Waals surface area contributed by atoms with Crippen LogP contribution in [-0.4, -0.2) is 22.0 Å². The number of aromatic amines is 1. The van der Waals surface area contributed by atoms with Crippen molar-refractivity contribution in [1.82, 2.24) is 4.98 Å². The Morgan fingerprint density at radius 3 is 2.22 bits per heavy atom. The van der Waals surface area contributed by atoms with Crippen molar-refractivity contribution >= 4 is 40.6 Å². The lowest BCUT2D eigenvalue weighted by Crippen LogP contribution is -2.42. The van der Waals surface area contributed by atoms with Crippen molar-refractivity contribution in [2.24, 2.45) is 29.6 Å². The van der Waals surface area contributed by atoms with Crippen LogP contribution >= 0.6 is 23.1 Å². The van der Waals surface area contributed by atoms with Gasteiger partial charge in [0.25, 0.3) is 0 Å². The Labute approximate surface area is 222 Å². The fourth-order valence-electron chi connectivity index (χ4n) is 7.43. The minimum Gasteiger partial charge on any atom is -0.307 e. The van der Waals surface area contributed by atoms with Crippen molar-refractivity contribution in [3.05, 3.63) is 80.0 Å². The summed E-state index contributed by atoms with van der Waals surface area (Å²) in [6, 6.07) is 14.3.